The summed E-state index contributed by atoms with van der Waals surface area (Å²) in [6.07, 6.45) is 3.33. The number of methoxy groups -OCH3 is 1. The van der Waals surface area contributed by atoms with Gasteiger partial charge in [0.05, 0.1) is 18.1 Å². The van der Waals surface area contributed by atoms with Crippen molar-refractivity contribution in [1.29, 1.82) is 0 Å². The monoisotopic (exact) mass is 574 g/mol. The Morgan fingerprint density at radius 1 is 0.930 bits per heavy atom. The molecule has 0 radical (unpaired) electrons. The van der Waals surface area contributed by atoms with Crippen LogP contribution in [0.1, 0.15) is 48.1 Å². The van der Waals surface area contributed by atoms with E-state index in [1.165, 1.54) is 43.5 Å². The summed E-state index contributed by atoms with van der Waals surface area (Å²) in [5.74, 6) is -2.53. The van der Waals surface area contributed by atoms with Crippen molar-refractivity contribution in [1.82, 2.24) is 0 Å². The van der Waals surface area contributed by atoms with Gasteiger partial charge < -0.3 is 9.64 Å². The molecule has 212 valence electrons. The molecule has 0 bridgehead atoms. The van der Waals surface area contributed by atoms with Gasteiger partial charge in [-0.05, 0) is 35.9 Å². The predicted molar refractivity (Wildman–Crippen MR) is 156 cm³/mol. The van der Waals surface area contributed by atoms with Crippen LogP contribution in [0.4, 0.5) is 15.8 Å². The van der Waals surface area contributed by atoms with Crippen LogP contribution < -0.4 is 9.64 Å². The third-order valence-corrected chi connectivity index (χ3v) is 8.83. The number of carbonyl (C=O) groups is 3. The van der Waals surface area contributed by atoms with E-state index in [2.05, 4.69) is 0 Å². The average molecular weight is 575 g/mol. The van der Waals surface area contributed by atoms with Crippen molar-refractivity contribution in [2.45, 2.75) is 18.0 Å². The molecule has 43 heavy (non-hydrogen) atoms. The van der Waals surface area contributed by atoms with Gasteiger partial charge in [-0.2, -0.15) is 0 Å². The van der Waals surface area contributed by atoms with Gasteiger partial charge in [0.2, 0.25) is 0 Å². The van der Waals surface area contributed by atoms with Gasteiger partial charge in [0.25, 0.3) is 5.69 Å². The molecule has 0 aromatic heterocycles. The molecule has 1 aliphatic carbocycles. The molecule has 1 fully saturated rings. The molecule has 7 rings (SSSR count). The van der Waals surface area contributed by atoms with E-state index in [9.17, 15) is 28.9 Å². The molecule has 2 aliphatic heterocycles. The number of ether oxygens (including phenoxy) is 1. The first kappa shape index (κ1) is 26.5. The molecule has 3 atom stereocenters. The van der Waals surface area contributed by atoms with Crippen LogP contribution in [0.15, 0.2) is 97.1 Å². The number of non-ortho nitro benzene ring substituents is 1. The number of ketones is 3. The number of nitro benzene ring substituents is 1. The molecule has 4 aromatic carbocycles. The summed E-state index contributed by atoms with van der Waals surface area (Å²) >= 11 is 0. The number of nitro groups is 1. The Labute approximate surface area is 245 Å². The molecule has 2 heterocycles. The van der Waals surface area contributed by atoms with Gasteiger partial charge >= 0.3 is 0 Å². The number of Topliss-reactive ketones (excluding diaryl/α,β-unsaturated/α-hetero) is 3. The lowest BCUT2D eigenvalue weighted by Crippen LogP contribution is -2.48. The van der Waals surface area contributed by atoms with E-state index in [1.54, 1.807) is 71.6 Å². The largest absolute Gasteiger partial charge is 0.497 e. The fourth-order valence-corrected chi connectivity index (χ4v) is 7.10. The Balaban J connectivity index is 1.56. The number of hydrogen-bond donors (Lipinski definition) is 0. The van der Waals surface area contributed by atoms with Crippen LogP contribution in [0, 0.1) is 21.3 Å². The Hall–Kier alpha value is -5.44. The molecular formula is C34H23FN2O6. The minimum absolute atomic E-state index is 0.232. The Morgan fingerprint density at radius 3 is 2.35 bits per heavy atom. The molecule has 0 unspecified atom stereocenters. The van der Waals surface area contributed by atoms with Crippen molar-refractivity contribution in [2.24, 2.45) is 5.41 Å². The minimum Gasteiger partial charge on any atom is -0.497 e. The van der Waals surface area contributed by atoms with Gasteiger partial charge in [0, 0.05) is 46.0 Å². The van der Waals surface area contributed by atoms with E-state index in [4.69, 9.17) is 4.74 Å². The number of carbonyl (C=O) groups excluding carboxylic acids is 3. The van der Waals surface area contributed by atoms with Crippen LogP contribution in [0.25, 0.3) is 6.08 Å². The third kappa shape index (κ3) is 3.64. The van der Waals surface area contributed by atoms with Crippen molar-refractivity contribution >= 4 is 34.8 Å². The highest BCUT2D eigenvalue weighted by atomic mass is 19.1. The van der Waals surface area contributed by atoms with E-state index in [-0.39, 0.29) is 22.4 Å². The van der Waals surface area contributed by atoms with Gasteiger partial charge in [-0.3, -0.25) is 24.5 Å². The zero-order valence-corrected chi connectivity index (χ0v) is 22.8. The summed E-state index contributed by atoms with van der Waals surface area (Å²) in [6, 6.07) is 20.8. The first-order valence-corrected chi connectivity index (χ1v) is 13.6. The maximum absolute atomic E-state index is 14.7. The number of anilines is 1. The molecule has 0 amide bonds. The molecule has 4 aromatic rings. The summed E-state index contributed by atoms with van der Waals surface area (Å²) in [7, 11) is 1.48. The van der Waals surface area contributed by atoms with Crippen LogP contribution in [-0.2, 0) is 0 Å². The summed E-state index contributed by atoms with van der Waals surface area (Å²) in [4.78, 5) is 57.1. The van der Waals surface area contributed by atoms with Gasteiger partial charge in [-0.25, -0.2) is 4.39 Å². The number of rotatable bonds is 5. The van der Waals surface area contributed by atoms with Gasteiger partial charge in [0.1, 0.15) is 23.0 Å². The van der Waals surface area contributed by atoms with E-state index < -0.39 is 51.5 Å². The first-order valence-electron chi connectivity index (χ1n) is 13.6. The highest BCUT2D eigenvalue weighted by Crippen LogP contribution is 2.61. The molecule has 9 heteroatoms. The van der Waals surface area contributed by atoms with Crippen molar-refractivity contribution in [2.75, 3.05) is 12.0 Å². The van der Waals surface area contributed by atoms with E-state index >= 15 is 0 Å². The van der Waals surface area contributed by atoms with E-state index in [0.717, 1.165) is 0 Å². The van der Waals surface area contributed by atoms with E-state index in [1.807, 2.05) is 0 Å². The molecule has 0 saturated carbocycles. The predicted octanol–water partition coefficient (Wildman–Crippen LogP) is 6.06. The minimum atomic E-state index is -1.83. The molecule has 1 spiro atoms. The third-order valence-electron chi connectivity index (χ3n) is 8.83. The molecule has 8 nitrogen and oxygen atoms in total. The zero-order valence-electron chi connectivity index (χ0n) is 22.8. The molecule has 0 N–H and O–H groups in total. The van der Waals surface area contributed by atoms with Crippen molar-refractivity contribution in [3.8, 4) is 5.75 Å². The van der Waals surface area contributed by atoms with Crippen LogP contribution in [0.2, 0.25) is 0 Å². The van der Waals surface area contributed by atoms with Crippen molar-refractivity contribution in [3.05, 3.63) is 141 Å². The highest BCUT2D eigenvalue weighted by Gasteiger charge is 2.71. The second kappa shape index (κ2) is 9.55. The van der Waals surface area contributed by atoms with Gasteiger partial charge in [-0.1, -0.05) is 60.7 Å². The van der Waals surface area contributed by atoms with Crippen LogP contribution in [0.3, 0.4) is 0 Å². The summed E-state index contributed by atoms with van der Waals surface area (Å²) in [6.45, 7) is 0. The second-order valence-electron chi connectivity index (χ2n) is 10.9. The first-order chi connectivity index (χ1) is 20.8. The average Bonchev–Trinajstić information content (AvgIpc) is 3.46. The van der Waals surface area contributed by atoms with Crippen LogP contribution in [-0.4, -0.2) is 41.5 Å². The molecule has 1 saturated heterocycles. The number of fused-ring (bicyclic) bond motifs is 5. The normalized spacial score (nSPS) is 21.0. The Bertz CT molecular complexity index is 1880. The lowest BCUT2D eigenvalue weighted by molar-refractivity contribution is -0.384. The topological polar surface area (TPSA) is 107 Å². The molecule has 3 aliphatic rings. The number of halogens is 1. The van der Waals surface area contributed by atoms with Gasteiger partial charge in [0.15, 0.2) is 17.3 Å². The van der Waals surface area contributed by atoms with Crippen LogP contribution in [0.5, 0.6) is 5.75 Å². The fraction of sp³-hybridized carbons (Fsp3) is 0.147. The summed E-state index contributed by atoms with van der Waals surface area (Å²) < 4.78 is 19.8. The maximum atomic E-state index is 14.7. The number of hydrogen-bond acceptors (Lipinski definition) is 7. The zero-order chi connectivity index (χ0) is 30.0. The fourth-order valence-electron chi connectivity index (χ4n) is 7.10. The van der Waals surface area contributed by atoms with E-state index in [0.29, 0.717) is 22.6 Å². The smallest absolute Gasteiger partial charge is 0.269 e. The number of nitrogens with zero attached hydrogens (tertiary/aromatic N) is 2. The SMILES string of the molecule is COc1cccc(C(=O)[C@@H]2[C@@H](c3cccc([N+](=O)[O-])c3)C3(C(=O)c4ccccc4C3=O)[C@H]3C=Cc4cc(F)ccc4N23)c1. The standard InChI is InChI=1S/C34H23FN2O6/c1-43-24-9-5-7-21(18-24)31(38)30-29(20-6-4-8-23(17-20)37(41)42)34(32(39)25-10-2-3-11-26(25)33(34)40)28-15-12-19-16-22(35)13-14-27(19)36(28)30/h2-18,28-30H,1H3/t28-,29-,30+/m1/s1. The highest BCUT2D eigenvalue weighted by molar-refractivity contribution is 6.32. The summed E-state index contributed by atoms with van der Waals surface area (Å²) in [5.41, 5.74) is -0.0878. The maximum Gasteiger partial charge on any atom is 0.269 e. The quantitative estimate of drug-likeness (QED) is 0.123. The van der Waals surface area contributed by atoms with Crippen molar-refractivity contribution < 1.29 is 28.4 Å². The van der Waals surface area contributed by atoms with Crippen LogP contribution >= 0.6 is 0 Å². The Morgan fingerprint density at radius 2 is 1.65 bits per heavy atom. The lowest BCUT2D eigenvalue weighted by Gasteiger charge is -2.37. The lowest BCUT2D eigenvalue weighted by atomic mass is 9.64. The Kier molecular flexibility index (Phi) is 5.88. The second-order valence-corrected chi connectivity index (χ2v) is 10.9. The van der Waals surface area contributed by atoms with Gasteiger partial charge in [-0.15, -0.1) is 0 Å². The van der Waals surface area contributed by atoms with Crippen molar-refractivity contribution in [3.63, 3.8) is 0 Å². The number of benzene rings is 4. The summed E-state index contributed by atoms with van der Waals surface area (Å²) in [5, 5.41) is 11.9. The molecular weight excluding hydrogens is 551 g/mol.